The number of hydrogen-bond donors (Lipinski definition) is 1. The molecule has 15 heavy (non-hydrogen) atoms. The summed E-state index contributed by atoms with van der Waals surface area (Å²) in [5.74, 6) is 0.942. The Bertz CT molecular complexity index is 197. The van der Waals surface area contributed by atoms with Crippen molar-refractivity contribution < 1.29 is 4.79 Å². The first kappa shape index (κ1) is 14.5. The quantitative estimate of drug-likeness (QED) is 0.721. The zero-order chi connectivity index (χ0) is 12.1. The molecule has 0 rings (SSSR count). The van der Waals surface area contributed by atoms with Crippen LogP contribution in [0.5, 0.6) is 0 Å². The van der Waals surface area contributed by atoms with E-state index >= 15 is 0 Å². The molecule has 0 aliphatic carbocycles. The fourth-order valence-corrected chi connectivity index (χ4v) is 1.30. The summed E-state index contributed by atoms with van der Waals surface area (Å²) in [5, 5.41) is 3.02. The normalized spacial score (nSPS) is 14.1. The van der Waals surface area contributed by atoms with E-state index < -0.39 is 0 Å². The lowest BCUT2D eigenvalue weighted by Crippen LogP contribution is -2.37. The van der Waals surface area contributed by atoms with Crippen LogP contribution in [-0.4, -0.2) is 12.5 Å². The van der Waals surface area contributed by atoms with Crippen LogP contribution >= 0.6 is 0 Å². The minimum Gasteiger partial charge on any atom is -0.356 e. The third kappa shape index (κ3) is 5.19. The summed E-state index contributed by atoms with van der Waals surface area (Å²) in [7, 11) is 0. The van der Waals surface area contributed by atoms with Gasteiger partial charge in [0, 0.05) is 12.5 Å². The molecule has 0 fully saturated rings. The van der Waals surface area contributed by atoms with Crippen LogP contribution in [0.25, 0.3) is 0 Å². The van der Waals surface area contributed by atoms with Gasteiger partial charge in [-0.1, -0.05) is 48.0 Å². The summed E-state index contributed by atoms with van der Waals surface area (Å²) in [5.41, 5.74) is 0.0991. The molecule has 0 aliphatic heterocycles. The summed E-state index contributed by atoms with van der Waals surface area (Å²) in [6.07, 6.45) is 2.09. The summed E-state index contributed by atoms with van der Waals surface area (Å²) in [4.78, 5) is 11.8. The van der Waals surface area contributed by atoms with E-state index in [2.05, 4.69) is 39.9 Å². The van der Waals surface area contributed by atoms with Gasteiger partial charge in [-0.2, -0.15) is 0 Å². The van der Waals surface area contributed by atoms with Gasteiger partial charge in [0.1, 0.15) is 0 Å². The van der Waals surface area contributed by atoms with Crippen molar-refractivity contribution in [1.29, 1.82) is 0 Å². The Hall–Kier alpha value is -0.530. The molecular weight excluding hydrogens is 186 g/mol. The van der Waals surface area contributed by atoms with Crippen LogP contribution < -0.4 is 5.32 Å². The van der Waals surface area contributed by atoms with Gasteiger partial charge in [-0.15, -0.1) is 0 Å². The van der Waals surface area contributed by atoms with Crippen LogP contribution in [-0.2, 0) is 4.79 Å². The summed E-state index contributed by atoms with van der Waals surface area (Å²) in [6.45, 7) is 13.6. The molecule has 1 unspecified atom stereocenters. The Kier molecular flexibility index (Phi) is 5.92. The highest BCUT2D eigenvalue weighted by molar-refractivity contribution is 5.78. The van der Waals surface area contributed by atoms with Crippen molar-refractivity contribution in [1.82, 2.24) is 5.32 Å². The molecule has 0 saturated heterocycles. The summed E-state index contributed by atoms with van der Waals surface area (Å²) >= 11 is 0. The van der Waals surface area contributed by atoms with Gasteiger partial charge in [0.05, 0.1) is 0 Å². The molecule has 0 spiro atoms. The predicted octanol–water partition coefficient (Wildman–Crippen LogP) is 3.22. The van der Waals surface area contributed by atoms with E-state index in [1.807, 2.05) is 6.92 Å². The lowest BCUT2D eigenvalue weighted by atomic mass is 9.77. The van der Waals surface area contributed by atoms with Crippen molar-refractivity contribution in [3.05, 3.63) is 0 Å². The predicted molar refractivity (Wildman–Crippen MR) is 65.7 cm³/mol. The standard InChI is InChI=1S/C13H27NO/c1-7-13(5,6)11(4)12(15)14-9-8-10(2)3/h10-11H,7-9H2,1-6H3,(H,14,15). The van der Waals surface area contributed by atoms with Gasteiger partial charge >= 0.3 is 0 Å². The molecule has 90 valence electrons. The highest BCUT2D eigenvalue weighted by atomic mass is 16.1. The zero-order valence-electron chi connectivity index (χ0n) is 11.2. The summed E-state index contributed by atoms with van der Waals surface area (Å²) < 4.78 is 0. The number of nitrogens with one attached hydrogen (secondary N) is 1. The fraction of sp³-hybridized carbons (Fsp3) is 0.923. The Balaban J connectivity index is 4.00. The first-order valence-electron chi connectivity index (χ1n) is 6.09. The van der Waals surface area contributed by atoms with E-state index in [9.17, 15) is 4.79 Å². The SMILES string of the molecule is CCC(C)(C)C(C)C(=O)NCCC(C)C. The second-order valence-corrected chi connectivity index (χ2v) is 5.54. The number of amides is 1. The molecule has 1 N–H and O–H groups in total. The highest BCUT2D eigenvalue weighted by Crippen LogP contribution is 2.30. The third-order valence-corrected chi connectivity index (χ3v) is 3.50. The second-order valence-electron chi connectivity index (χ2n) is 5.54. The molecule has 0 aromatic rings. The first-order chi connectivity index (χ1) is 6.81. The molecule has 0 aromatic heterocycles. The molecule has 1 atom stereocenters. The molecular formula is C13H27NO. The Morgan fingerprint density at radius 2 is 1.80 bits per heavy atom. The van der Waals surface area contributed by atoms with Gasteiger partial charge < -0.3 is 5.32 Å². The van der Waals surface area contributed by atoms with E-state index in [1.54, 1.807) is 0 Å². The van der Waals surface area contributed by atoms with Gasteiger partial charge in [0.2, 0.25) is 5.91 Å². The van der Waals surface area contributed by atoms with Gasteiger partial charge in [-0.05, 0) is 17.8 Å². The maximum absolute atomic E-state index is 11.8. The van der Waals surface area contributed by atoms with Crippen LogP contribution in [0.3, 0.4) is 0 Å². The van der Waals surface area contributed by atoms with E-state index in [1.165, 1.54) is 0 Å². The van der Waals surface area contributed by atoms with Crippen molar-refractivity contribution in [2.24, 2.45) is 17.3 Å². The highest BCUT2D eigenvalue weighted by Gasteiger charge is 2.29. The molecule has 0 saturated carbocycles. The topological polar surface area (TPSA) is 29.1 Å². The lowest BCUT2D eigenvalue weighted by molar-refractivity contribution is -0.127. The second kappa shape index (κ2) is 6.14. The van der Waals surface area contributed by atoms with Crippen molar-refractivity contribution in [2.75, 3.05) is 6.54 Å². The largest absolute Gasteiger partial charge is 0.356 e. The molecule has 0 aromatic carbocycles. The van der Waals surface area contributed by atoms with Gasteiger partial charge in [0.25, 0.3) is 0 Å². The maximum atomic E-state index is 11.8. The number of carbonyl (C=O) groups is 1. The molecule has 1 amide bonds. The van der Waals surface area contributed by atoms with Crippen LogP contribution in [0.15, 0.2) is 0 Å². The Morgan fingerprint density at radius 1 is 1.27 bits per heavy atom. The maximum Gasteiger partial charge on any atom is 0.223 e. The van der Waals surface area contributed by atoms with Crippen molar-refractivity contribution in [2.45, 2.75) is 54.4 Å². The average molecular weight is 213 g/mol. The molecule has 0 radical (unpaired) electrons. The minimum absolute atomic E-state index is 0.0923. The monoisotopic (exact) mass is 213 g/mol. The van der Waals surface area contributed by atoms with Gasteiger partial charge in [-0.3, -0.25) is 4.79 Å². The van der Waals surface area contributed by atoms with Crippen LogP contribution in [0.4, 0.5) is 0 Å². The van der Waals surface area contributed by atoms with E-state index in [0.29, 0.717) is 5.92 Å². The van der Waals surface area contributed by atoms with Crippen LogP contribution in [0.2, 0.25) is 0 Å². The molecule has 0 heterocycles. The lowest BCUT2D eigenvalue weighted by Gasteiger charge is -2.29. The van der Waals surface area contributed by atoms with Crippen molar-refractivity contribution in [3.8, 4) is 0 Å². The van der Waals surface area contributed by atoms with E-state index in [4.69, 9.17) is 0 Å². The van der Waals surface area contributed by atoms with E-state index in [-0.39, 0.29) is 17.2 Å². The molecule has 2 nitrogen and oxygen atoms in total. The number of carbonyl (C=O) groups excluding carboxylic acids is 1. The zero-order valence-corrected chi connectivity index (χ0v) is 11.2. The number of hydrogen-bond acceptors (Lipinski definition) is 1. The van der Waals surface area contributed by atoms with Gasteiger partial charge in [0.15, 0.2) is 0 Å². The Labute approximate surface area is 94.8 Å². The average Bonchev–Trinajstić information content (AvgIpc) is 2.15. The van der Waals surface area contributed by atoms with Gasteiger partial charge in [-0.25, -0.2) is 0 Å². The summed E-state index contributed by atoms with van der Waals surface area (Å²) in [6, 6.07) is 0. The van der Waals surface area contributed by atoms with Crippen molar-refractivity contribution >= 4 is 5.91 Å². The molecule has 0 bridgehead atoms. The fourth-order valence-electron chi connectivity index (χ4n) is 1.30. The van der Waals surface area contributed by atoms with Crippen LogP contribution in [0.1, 0.15) is 54.4 Å². The minimum atomic E-state index is 0.0923. The number of rotatable bonds is 6. The third-order valence-electron chi connectivity index (χ3n) is 3.50. The smallest absolute Gasteiger partial charge is 0.223 e. The van der Waals surface area contributed by atoms with E-state index in [0.717, 1.165) is 19.4 Å². The first-order valence-corrected chi connectivity index (χ1v) is 6.09. The van der Waals surface area contributed by atoms with Crippen LogP contribution in [0, 0.1) is 17.3 Å². The molecule has 0 aliphatic rings. The Morgan fingerprint density at radius 3 is 2.20 bits per heavy atom. The molecule has 2 heteroatoms. The van der Waals surface area contributed by atoms with Crippen molar-refractivity contribution in [3.63, 3.8) is 0 Å².